The summed E-state index contributed by atoms with van der Waals surface area (Å²) in [5.74, 6) is -0.365. The first-order chi connectivity index (χ1) is 11.7. The van der Waals surface area contributed by atoms with Gasteiger partial charge in [0, 0.05) is 0 Å². The zero-order valence-electron chi connectivity index (χ0n) is 15.3. The predicted octanol–water partition coefficient (Wildman–Crippen LogP) is 3.19. The van der Waals surface area contributed by atoms with E-state index in [-0.39, 0.29) is 24.7 Å². The van der Waals surface area contributed by atoms with Crippen LogP contribution in [0, 0.1) is 0 Å². The van der Waals surface area contributed by atoms with E-state index in [0.29, 0.717) is 12.8 Å². The topological polar surface area (TPSA) is 73.9 Å². The quantitative estimate of drug-likeness (QED) is 0.827. The number of ether oxygens (including phenoxy) is 3. The number of rotatable bonds is 5. The maximum Gasteiger partial charge on any atom is 0.407 e. The summed E-state index contributed by atoms with van der Waals surface area (Å²) in [5.41, 5.74) is 0.384. The van der Waals surface area contributed by atoms with Gasteiger partial charge in [-0.1, -0.05) is 30.3 Å². The minimum atomic E-state index is -0.586. The van der Waals surface area contributed by atoms with Gasteiger partial charge in [-0.05, 0) is 46.1 Å². The molecule has 1 aliphatic rings. The lowest BCUT2D eigenvalue weighted by Crippen LogP contribution is -2.44. The summed E-state index contributed by atoms with van der Waals surface area (Å²) in [6, 6.07) is 9.26. The van der Waals surface area contributed by atoms with Crippen molar-refractivity contribution in [2.75, 3.05) is 0 Å². The molecule has 1 fully saturated rings. The molecule has 1 amide bonds. The summed E-state index contributed by atoms with van der Waals surface area (Å²) in [7, 11) is 0. The minimum Gasteiger partial charge on any atom is -0.459 e. The van der Waals surface area contributed by atoms with Gasteiger partial charge in [0.05, 0.1) is 12.1 Å². The molecule has 1 N–H and O–H groups in total. The maximum absolute atomic E-state index is 12.1. The molecule has 6 heteroatoms. The van der Waals surface area contributed by atoms with Crippen LogP contribution in [0.1, 0.15) is 46.1 Å². The molecule has 0 unspecified atom stereocenters. The van der Waals surface area contributed by atoms with Gasteiger partial charge in [0.15, 0.2) is 6.10 Å². The summed E-state index contributed by atoms with van der Waals surface area (Å²) >= 11 is 0. The van der Waals surface area contributed by atoms with Crippen molar-refractivity contribution in [2.45, 2.75) is 71.0 Å². The molecule has 1 aliphatic heterocycles. The third-order valence-electron chi connectivity index (χ3n) is 3.84. The average molecular weight is 349 g/mol. The number of alkyl carbamates (subject to hydrolysis) is 1. The fourth-order valence-electron chi connectivity index (χ4n) is 2.61. The smallest absolute Gasteiger partial charge is 0.407 e. The molecule has 0 aliphatic carbocycles. The van der Waals surface area contributed by atoms with Gasteiger partial charge in [-0.15, -0.1) is 0 Å². The van der Waals surface area contributed by atoms with Gasteiger partial charge in [-0.3, -0.25) is 0 Å². The molecule has 138 valence electrons. The number of amides is 1. The van der Waals surface area contributed by atoms with Crippen molar-refractivity contribution < 1.29 is 23.8 Å². The van der Waals surface area contributed by atoms with Crippen molar-refractivity contribution in [1.29, 1.82) is 0 Å². The molecule has 1 saturated heterocycles. The van der Waals surface area contributed by atoms with Crippen molar-refractivity contribution in [2.24, 2.45) is 0 Å². The maximum atomic E-state index is 12.1. The van der Waals surface area contributed by atoms with Crippen LogP contribution in [0.15, 0.2) is 30.3 Å². The lowest BCUT2D eigenvalue weighted by molar-refractivity contribution is -0.158. The third-order valence-corrected chi connectivity index (χ3v) is 3.84. The Morgan fingerprint density at radius 3 is 2.56 bits per heavy atom. The first-order valence-corrected chi connectivity index (χ1v) is 8.60. The Hall–Kier alpha value is -2.08. The van der Waals surface area contributed by atoms with Gasteiger partial charge in [-0.25, -0.2) is 9.59 Å². The third kappa shape index (κ3) is 6.38. The molecule has 0 saturated carbocycles. The van der Waals surface area contributed by atoms with E-state index in [0.717, 1.165) is 5.56 Å². The Labute approximate surface area is 148 Å². The summed E-state index contributed by atoms with van der Waals surface area (Å²) in [6.45, 7) is 7.49. The number of esters is 1. The molecule has 0 spiro atoms. The van der Waals surface area contributed by atoms with Crippen LogP contribution in [0.25, 0.3) is 0 Å². The average Bonchev–Trinajstić information content (AvgIpc) is 3.02. The Morgan fingerprint density at radius 1 is 1.24 bits per heavy atom. The molecule has 0 radical (unpaired) electrons. The molecule has 1 aromatic rings. The highest BCUT2D eigenvalue weighted by molar-refractivity contribution is 5.75. The van der Waals surface area contributed by atoms with Crippen molar-refractivity contribution in [3.05, 3.63) is 35.9 Å². The Bertz CT molecular complexity index is 581. The second-order valence-corrected chi connectivity index (χ2v) is 7.27. The Morgan fingerprint density at radius 2 is 1.92 bits per heavy atom. The van der Waals surface area contributed by atoms with Gasteiger partial charge < -0.3 is 19.5 Å². The highest BCUT2D eigenvalue weighted by Gasteiger charge is 2.35. The van der Waals surface area contributed by atoms with E-state index in [4.69, 9.17) is 14.2 Å². The van der Waals surface area contributed by atoms with E-state index in [1.807, 2.05) is 58.0 Å². The van der Waals surface area contributed by atoms with Crippen molar-refractivity contribution in [3.8, 4) is 0 Å². The van der Waals surface area contributed by atoms with Crippen LogP contribution in [0.2, 0.25) is 0 Å². The summed E-state index contributed by atoms with van der Waals surface area (Å²) in [5, 5.41) is 2.76. The molecule has 25 heavy (non-hydrogen) atoms. The standard InChI is InChI=1S/C19H27NO5/c1-13(20-18(22)25-19(2,3)4)15-10-11-16(24-15)17(21)23-12-14-8-6-5-7-9-14/h5-9,13,15-16H,10-12H2,1-4H3,(H,20,22)/t13-,15-,16+/m0/s1. The second kappa shape index (κ2) is 8.34. The van der Waals surface area contributed by atoms with Crippen LogP contribution in [-0.4, -0.2) is 35.9 Å². The number of carbonyl (C=O) groups excluding carboxylic acids is 2. The molecule has 2 rings (SSSR count). The lowest BCUT2D eigenvalue weighted by atomic mass is 10.1. The van der Waals surface area contributed by atoms with Crippen molar-refractivity contribution >= 4 is 12.1 Å². The number of benzene rings is 1. The highest BCUT2D eigenvalue weighted by Crippen LogP contribution is 2.24. The molecule has 1 heterocycles. The molecule has 0 aromatic heterocycles. The SMILES string of the molecule is C[C@H](NC(=O)OC(C)(C)C)[C@@H]1CC[C@H](C(=O)OCc2ccccc2)O1. The van der Waals surface area contributed by atoms with E-state index in [2.05, 4.69) is 5.32 Å². The summed E-state index contributed by atoms with van der Waals surface area (Å²) in [4.78, 5) is 24.0. The van der Waals surface area contributed by atoms with Gasteiger partial charge in [0.2, 0.25) is 0 Å². The summed E-state index contributed by atoms with van der Waals surface area (Å²) < 4.78 is 16.3. The van der Waals surface area contributed by atoms with E-state index in [1.54, 1.807) is 0 Å². The van der Waals surface area contributed by atoms with Crippen LogP contribution < -0.4 is 5.32 Å². The fourth-order valence-corrected chi connectivity index (χ4v) is 2.61. The van der Waals surface area contributed by atoms with E-state index in [1.165, 1.54) is 0 Å². The first-order valence-electron chi connectivity index (χ1n) is 8.60. The van der Waals surface area contributed by atoms with Crippen LogP contribution >= 0.6 is 0 Å². The molecular formula is C19H27NO5. The van der Waals surface area contributed by atoms with E-state index < -0.39 is 17.8 Å². The molecule has 6 nitrogen and oxygen atoms in total. The normalized spacial score (nSPS) is 21.4. The number of hydrogen-bond donors (Lipinski definition) is 1. The Balaban J connectivity index is 1.76. The zero-order valence-corrected chi connectivity index (χ0v) is 15.3. The Kier molecular flexibility index (Phi) is 6.42. The van der Waals surface area contributed by atoms with Gasteiger partial charge in [-0.2, -0.15) is 0 Å². The van der Waals surface area contributed by atoms with Crippen molar-refractivity contribution in [3.63, 3.8) is 0 Å². The van der Waals surface area contributed by atoms with Gasteiger partial charge >= 0.3 is 12.1 Å². The fraction of sp³-hybridized carbons (Fsp3) is 0.579. The number of hydrogen-bond acceptors (Lipinski definition) is 5. The van der Waals surface area contributed by atoms with Crippen LogP contribution in [-0.2, 0) is 25.6 Å². The number of nitrogens with one attached hydrogen (secondary N) is 1. The zero-order chi connectivity index (χ0) is 18.4. The van der Waals surface area contributed by atoms with E-state index >= 15 is 0 Å². The first kappa shape index (κ1) is 19.2. The lowest BCUT2D eigenvalue weighted by Gasteiger charge is -2.24. The molecular weight excluding hydrogens is 322 g/mol. The summed E-state index contributed by atoms with van der Waals surface area (Å²) in [6.07, 6.45) is -0.0437. The van der Waals surface area contributed by atoms with Crippen LogP contribution in [0.3, 0.4) is 0 Å². The largest absolute Gasteiger partial charge is 0.459 e. The highest BCUT2D eigenvalue weighted by atomic mass is 16.6. The van der Waals surface area contributed by atoms with Gasteiger partial charge in [0.1, 0.15) is 12.2 Å². The molecule has 1 aromatic carbocycles. The number of carbonyl (C=O) groups is 2. The van der Waals surface area contributed by atoms with Gasteiger partial charge in [0.25, 0.3) is 0 Å². The predicted molar refractivity (Wildman–Crippen MR) is 93.0 cm³/mol. The molecule has 0 bridgehead atoms. The second-order valence-electron chi connectivity index (χ2n) is 7.27. The molecule has 3 atom stereocenters. The van der Waals surface area contributed by atoms with Crippen LogP contribution in [0.4, 0.5) is 4.79 Å². The van der Waals surface area contributed by atoms with Crippen LogP contribution in [0.5, 0.6) is 0 Å². The van der Waals surface area contributed by atoms with Crippen molar-refractivity contribution in [1.82, 2.24) is 5.32 Å². The monoisotopic (exact) mass is 349 g/mol. The minimum absolute atomic E-state index is 0.232. The van der Waals surface area contributed by atoms with E-state index in [9.17, 15) is 9.59 Å².